The molecule has 0 fully saturated rings. The van der Waals surface area contributed by atoms with Gasteiger partial charge in [-0.3, -0.25) is 15.1 Å². The summed E-state index contributed by atoms with van der Waals surface area (Å²) in [6.45, 7) is 2.58. The van der Waals surface area contributed by atoms with Gasteiger partial charge in [0.1, 0.15) is 0 Å². The lowest BCUT2D eigenvalue weighted by Gasteiger charge is -2.10. The van der Waals surface area contributed by atoms with Crippen LogP contribution in [0.2, 0.25) is 0 Å². The molecule has 2 aromatic heterocycles. The Labute approximate surface area is 181 Å². The van der Waals surface area contributed by atoms with Crippen molar-refractivity contribution in [3.05, 3.63) is 36.3 Å². The number of guanidine groups is 1. The molecule has 2 aromatic rings. The summed E-state index contributed by atoms with van der Waals surface area (Å²) in [6.07, 6.45) is 12.2. The van der Waals surface area contributed by atoms with E-state index in [4.69, 9.17) is 5.26 Å². The monoisotopic (exact) mass is 424 g/mol. The van der Waals surface area contributed by atoms with Gasteiger partial charge in [-0.1, -0.05) is 26.2 Å². The number of unbranched alkanes of at least 4 members (excludes halogenated alkanes) is 4. The van der Waals surface area contributed by atoms with Crippen LogP contribution in [0.3, 0.4) is 0 Å². The van der Waals surface area contributed by atoms with Crippen molar-refractivity contribution in [2.75, 3.05) is 17.2 Å². The van der Waals surface area contributed by atoms with Crippen LogP contribution in [0.4, 0.5) is 11.6 Å². The molecular weight excluding hydrogens is 396 g/mol. The standard InChI is InChI=1S/C21H28N8O2/c1-2-16-14-25-21(29-19(16)31)28-18(30)8-6-4-3-5-7-11-24-20(26-15-22)27-17-9-12-23-13-10-17/h9-10,12-14H,2-8,11H2,1H3,(H2,23,24,26,27)(H2,25,28,29,30,31). The van der Waals surface area contributed by atoms with Crippen molar-refractivity contribution in [3.63, 3.8) is 0 Å². The van der Waals surface area contributed by atoms with Crippen LogP contribution in [0.5, 0.6) is 5.88 Å². The minimum Gasteiger partial charge on any atom is -0.493 e. The van der Waals surface area contributed by atoms with Gasteiger partial charge in [0.05, 0.1) is 0 Å². The Hall–Kier alpha value is -3.74. The first-order valence-corrected chi connectivity index (χ1v) is 10.3. The second-order valence-electron chi connectivity index (χ2n) is 6.81. The molecule has 0 spiro atoms. The molecule has 0 saturated heterocycles. The number of nitrogens with zero attached hydrogens (tertiary/aromatic N) is 5. The molecule has 10 nitrogen and oxygen atoms in total. The van der Waals surface area contributed by atoms with Crippen molar-refractivity contribution in [2.45, 2.75) is 51.9 Å². The van der Waals surface area contributed by atoms with Gasteiger partial charge in [0.2, 0.25) is 29.9 Å². The first-order chi connectivity index (χ1) is 15.1. The van der Waals surface area contributed by atoms with E-state index >= 15 is 0 Å². The Morgan fingerprint density at radius 1 is 1.16 bits per heavy atom. The van der Waals surface area contributed by atoms with Gasteiger partial charge in [0.15, 0.2) is 0 Å². The molecule has 0 aromatic carbocycles. The summed E-state index contributed by atoms with van der Waals surface area (Å²) < 4.78 is 0. The van der Waals surface area contributed by atoms with Crippen LogP contribution in [0.25, 0.3) is 0 Å². The van der Waals surface area contributed by atoms with Gasteiger partial charge in [-0.25, -0.2) is 4.98 Å². The van der Waals surface area contributed by atoms with Crippen molar-refractivity contribution in [1.29, 1.82) is 5.26 Å². The van der Waals surface area contributed by atoms with E-state index in [2.05, 4.69) is 35.9 Å². The molecule has 0 saturated carbocycles. The fourth-order valence-electron chi connectivity index (χ4n) is 2.78. The van der Waals surface area contributed by atoms with E-state index in [1.165, 1.54) is 6.20 Å². The maximum atomic E-state index is 12.0. The summed E-state index contributed by atoms with van der Waals surface area (Å²) in [6, 6.07) is 3.58. The minimum absolute atomic E-state index is 0.0969. The summed E-state index contributed by atoms with van der Waals surface area (Å²) in [5, 5.41) is 27.3. The molecule has 2 rings (SSSR count). The number of hydrogen-bond donors (Lipinski definition) is 4. The molecule has 2 heterocycles. The fraction of sp³-hybridized carbons (Fsp3) is 0.429. The molecule has 0 aliphatic rings. The van der Waals surface area contributed by atoms with Crippen molar-refractivity contribution in [1.82, 2.24) is 20.3 Å². The number of aromatic hydroxyl groups is 1. The third-order valence-electron chi connectivity index (χ3n) is 4.45. The lowest BCUT2D eigenvalue weighted by atomic mass is 10.1. The number of rotatable bonds is 11. The highest BCUT2D eigenvalue weighted by molar-refractivity contribution is 5.94. The molecule has 31 heavy (non-hydrogen) atoms. The summed E-state index contributed by atoms with van der Waals surface area (Å²) in [5.41, 5.74) is 1.45. The molecule has 0 radical (unpaired) electrons. The SMILES string of the molecule is CCc1cnc(NC(=O)CCCCCCCN/C(=N\C#N)Nc2ccncc2)nc1O. The first-order valence-electron chi connectivity index (χ1n) is 10.3. The molecule has 0 unspecified atom stereocenters. The van der Waals surface area contributed by atoms with Crippen LogP contribution in [0.15, 0.2) is 35.7 Å². The van der Waals surface area contributed by atoms with Crippen LogP contribution in [0, 0.1) is 11.5 Å². The molecule has 0 atom stereocenters. The van der Waals surface area contributed by atoms with Gasteiger partial charge < -0.3 is 15.7 Å². The maximum absolute atomic E-state index is 12.0. The number of pyridine rings is 1. The predicted octanol–water partition coefficient (Wildman–Crippen LogP) is 2.96. The number of nitriles is 1. The van der Waals surface area contributed by atoms with Crippen LogP contribution >= 0.6 is 0 Å². The van der Waals surface area contributed by atoms with E-state index in [-0.39, 0.29) is 17.7 Å². The number of amides is 1. The van der Waals surface area contributed by atoms with Crippen molar-refractivity contribution >= 4 is 23.5 Å². The third kappa shape index (κ3) is 9.08. The number of aromatic nitrogens is 3. The lowest BCUT2D eigenvalue weighted by molar-refractivity contribution is -0.116. The zero-order valence-corrected chi connectivity index (χ0v) is 17.6. The Morgan fingerprint density at radius 2 is 1.90 bits per heavy atom. The van der Waals surface area contributed by atoms with Crippen molar-refractivity contribution in [2.24, 2.45) is 4.99 Å². The topological polar surface area (TPSA) is 148 Å². The number of hydrogen-bond acceptors (Lipinski definition) is 7. The number of nitrogens with one attached hydrogen (secondary N) is 3. The van der Waals surface area contributed by atoms with Gasteiger partial charge in [-0.2, -0.15) is 10.2 Å². The molecule has 0 aliphatic heterocycles. The zero-order valence-electron chi connectivity index (χ0n) is 17.6. The number of carbonyl (C=O) groups is 1. The highest BCUT2D eigenvalue weighted by Crippen LogP contribution is 2.15. The van der Waals surface area contributed by atoms with Gasteiger partial charge in [-0.05, 0) is 31.4 Å². The Balaban J connectivity index is 1.55. The second kappa shape index (κ2) is 13.5. The third-order valence-corrected chi connectivity index (χ3v) is 4.45. The first kappa shape index (κ1) is 23.5. The Kier molecular flexibility index (Phi) is 10.2. The normalized spacial score (nSPS) is 10.9. The van der Waals surface area contributed by atoms with Crippen LogP contribution in [-0.2, 0) is 11.2 Å². The smallest absolute Gasteiger partial charge is 0.232 e. The van der Waals surface area contributed by atoms with E-state index < -0.39 is 0 Å². The van der Waals surface area contributed by atoms with Crippen molar-refractivity contribution in [3.8, 4) is 12.1 Å². The molecule has 0 bridgehead atoms. The Morgan fingerprint density at radius 3 is 2.61 bits per heavy atom. The lowest BCUT2D eigenvalue weighted by Crippen LogP contribution is -2.31. The number of aliphatic imine (C=N–C) groups is 1. The van der Waals surface area contributed by atoms with E-state index in [9.17, 15) is 9.90 Å². The van der Waals surface area contributed by atoms with Gasteiger partial charge in [0, 0.05) is 42.8 Å². The van der Waals surface area contributed by atoms with Crippen LogP contribution < -0.4 is 16.0 Å². The molecule has 10 heteroatoms. The molecular formula is C21H28N8O2. The highest BCUT2D eigenvalue weighted by atomic mass is 16.3. The van der Waals surface area contributed by atoms with Crippen LogP contribution in [-0.4, -0.2) is 38.5 Å². The van der Waals surface area contributed by atoms with Crippen LogP contribution in [0.1, 0.15) is 51.0 Å². The molecule has 4 N–H and O–H groups in total. The van der Waals surface area contributed by atoms with Gasteiger partial charge >= 0.3 is 0 Å². The van der Waals surface area contributed by atoms with E-state index in [0.29, 0.717) is 30.9 Å². The summed E-state index contributed by atoms with van der Waals surface area (Å²) in [5.74, 6) is 0.275. The summed E-state index contributed by atoms with van der Waals surface area (Å²) in [7, 11) is 0. The molecule has 1 amide bonds. The minimum atomic E-state index is -0.162. The van der Waals surface area contributed by atoms with E-state index in [1.54, 1.807) is 30.7 Å². The highest BCUT2D eigenvalue weighted by Gasteiger charge is 2.08. The van der Waals surface area contributed by atoms with Gasteiger partial charge in [0.25, 0.3) is 0 Å². The maximum Gasteiger partial charge on any atom is 0.232 e. The second-order valence-corrected chi connectivity index (χ2v) is 6.81. The summed E-state index contributed by atoms with van der Waals surface area (Å²) >= 11 is 0. The predicted molar refractivity (Wildman–Crippen MR) is 118 cm³/mol. The molecule has 0 aliphatic carbocycles. The van der Waals surface area contributed by atoms with Crippen molar-refractivity contribution < 1.29 is 9.90 Å². The number of carbonyl (C=O) groups excluding carboxylic acids is 1. The number of anilines is 2. The zero-order chi connectivity index (χ0) is 22.3. The molecule has 164 valence electrons. The summed E-state index contributed by atoms with van der Waals surface area (Å²) in [4.78, 5) is 27.6. The Bertz CT molecular complexity index is 896. The van der Waals surface area contributed by atoms with E-state index in [0.717, 1.165) is 37.8 Å². The van der Waals surface area contributed by atoms with E-state index in [1.807, 2.05) is 6.92 Å². The average molecular weight is 425 g/mol. The number of aryl methyl sites for hydroxylation is 1. The quantitative estimate of drug-likeness (QED) is 0.186. The average Bonchev–Trinajstić information content (AvgIpc) is 2.76. The van der Waals surface area contributed by atoms with Gasteiger partial charge in [-0.15, -0.1) is 4.99 Å². The largest absolute Gasteiger partial charge is 0.493 e. The fourth-order valence-corrected chi connectivity index (χ4v) is 2.78.